The van der Waals surface area contributed by atoms with Crippen LogP contribution < -0.4 is 11.1 Å². The van der Waals surface area contributed by atoms with Crippen LogP contribution in [0.1, 0.15) is 4.88 Å². The van der Waals surface area contributed by atoms with Gasteiger partial charge in [-0.15, -0.1) is 11.3 Å². The summed E-state index contributed by atoms with van der Waals surface area (Å²) in [5, 5.41) is 13.9. The van der Waals surface area contributed by atoms with Gasteiger partial charge in [0.15, 0.2) is 0 Å². The molecule has 18 heavy (non-hydrogen) atoms. The van der Waals surface area contributed by atoms with Crippen molar-refractivity contribution in [1.82, 2.24) is 0 Å². The molecule has 0 saturated heterocycles. The highest BCUT2D eigenvalue weighted by Gasteiger charge is 2.17. The summed E-state index contributed by atoms with van der Waals surface area (Å²) >= 11 is 7.24. The molecule has 2 rings (SSSR count). The summed E-state index contributed by atoms with van der Waals surface area (Å²) in [5.74, 6) is 0. The first-order valence-electron chi connectivity index (χ1n) is 5.09. The number of nitro benzene ring substituents is 1. The number of nitro groups is 1. The van der Waals surface area contributed by atoms with Crippen LogP contribution in [-0.2, 0) is 6.54 Å². The van der Waals surface area contributed by atoms with Gasteiger partial charge in [0.2, 0.25) is 0 Å². The van der Waals surface area contributed by atoms with Crippen molar-refractivity contribution >= 4 is 40.0 Å². The second-order valence-electron chi connectivity index (χ2n) is 3.56. The lowest BCUT2D eigenvalue weighted by atomic mass is 10.2. The minimum atomic E-state index is -0.487. The SMILES string of the molecule is Nc1cccc(NCc2ccc(Cl)s2)c1[N+](=O)[O-]. The number of hydrogen-bond acceptors (Lipinski definition) is 5. The van der Waals surface area contributed by atoms with E-state index >= 15 is 0 Å². The van der Waals surface area contributed by atoms with E-state index in [1.807, 2.05) is 6.07 Å². The van der Waals surface area contributed by atoms with Crippen LogP contribution in [0.25, 0.3) is 0 Å². The molecule has 7 heteroatoms. The maximum atomic E-state index is 10.9. The van der Waals surface area contributed by atoms with E-state index in [0.717, 1.165) is 4.88 Å². The summed E-state index contributed by atoms with van der Waals surface area (Å²) < 4.78 is 0.689. The van der Waals surface area contributed by atoms with E-state index in [9.17, 15) is 10.1 Å². The number of nitrogens with one attached hydrogen (secondary N) is 1. The van der Waals surface area contributed by atoms with Crippen molar-refractivity contribution in [2.45, 2.75) is 6.54 Å². The number of rotatable bonds is 4. The Hall–Kier alpha value is -1.79. The second kappa shape index (κ2) is 5.24. The third kappa shape index (κ3) is 2.72. The van der Waals surface area contributed by atoms with Gasteiger partial charge in [-0.2, -0.15) is 0 Å². The Kier molecular flexibility index (Phi) is 3.69. The molecule has 0 saturated carbocycles. The number of thiophene rings is 1. The van der Waals surface area contributed by atoms with Crippen molar-refractivity contribution in [3.05, 3.63) is 49.7 Å². The van der Waals surface area contributed by atoms with Crippen molar-refractivity contribution in [3.63, 3.8) is 0 Å². The minimum absolute atomic E-state index is 0.0971. The number of hydrogen-bond donors (Lipinski definition) is 2. The Balaban J connectivity index is 2.19. The lowest BCUT2D eigenvalue weighted by Gasteiger charge is -2.07. The second-order valence-corrected chi connectivity index (χ2v) is 5.36. The first kappa shape index (κ1) is 12.7. The quantitative estimate of drug-likeness (QED) is 0.511. The molecule has 1 aromatic carbocycles. The topological polar surface area (TPSA) is 81.2 Å². The van der Waals surface area contributed by atoms with Crippen LogP contribution in [0.5, 0.6) is 0 Å². The molecule has 0 radical (unpaired) electrons. The number of para-hydroxylation sites is 1. The van der Waals surface area contributed by atoms with Crippen LogP contribution in [0.3, 0.4) is 0 Å². The van der Waals surface area contributed by atoms with Crippen molar-refractivity contribution in [1.29, 1.82) is 0 Å². The van der Waals surface area contributed by atoms with Gasteiger partial charge in [0.25, 0.3) is 0 Å². The van der Waals surface area contributed by atoms with Gasteiger partial charge in [-0.1, -0.05) is 17.7 Å². The maximum absolute atomic E-state index is 10.9. The van der Waals surface area contributed by atoms with Crippen LogP contribution in [0.2, 0.25) is 4.34 Å². The molecular formula is C11H10ClN3O2S. The minimum Gasteiger partial charge on any atom is -0.393 e. The Labute approximate surface area is 112 Å². The van der Waals surface area contributed by atoms with E-state index < -0.39 is 4.92 Å². The van der Waals surface area contributed by atoms with Crippen molar-refractivity contribution in [2.75, 3.05) is 11.1 Å². The van der Waals surface area contributed by atoms with Gasteiger partial charge in [0.1, 0.15) is 11.4 Å². The van der Waals surface area contributed by atoms with Gasteiger partial charge in [0.05, 0.1) is 9.26 Å². The highest BCUT2D eigenvalue weighted by Crippen LogP contribution is 2.31. The summed E-state index contributed by atoms with van der Waals surface area (Å²) in [6, 6.07) is 8.47. The predicted molar refractivity (Wildman–Crippen MR) is 74.2 cm³/mol. The molecule has 0 spiro atoms. The van der Waals surface area contributed by atoms with E-state index in [2.05, 4.69) is 5.32 Å². The Morgan fingerprint density at radius 1 is 1.39 bits per heavy atom. The molecule has 0 atom stereocenters. The molecule has 2 aromatic rings. The van der Waals surface area contributed by atoms with E-state index in [0.29, 0.717) is 16.6 Å². The molecule has 5 nitrogen and oxygen atoms in total. The molecule has 0 fully saturated rings. The Morgan fingerprint density at radius 2 is 2.17 bits per heavy atom. The number of nitrogen functional groups attached to an aromatic ring is 1. The summed E-state index contributed by atoms with van der Waals surface area (Å²) in [6.07, 6.45) is 0. The third-order valence-corrected chi connectivity index (χ3v) is 3.56. The van der Waals surface area contributed by atoms with Crippen molar-refractivity contribution < 1.29 is 4.92 Å². The summed E-state index contributed by atoms with van der Waals surface area (Å²) in [7, 11) is 0. The first-order chi connectivity index (χ1) is 8.58. The standard InChI is InChI=1S/C11H10ClN3O2S/c12-10-5-4-7(18-10)6-14-9-3-1-2-8(13)11(9)15(16)17/h1-5,14H,6,13H2. The lowest BCUT2D eigenvalue weighted by molar-refractivity contribution is -0.383. The molecule has 1 aromatic heterocycles. The lowest BCUT2D eigenvalue weighted by Crippen LogP contribution is -2.03. The zero-order chi connectivity index (χ0) is 13.1. The molecule has 1 heterocycles. The Bertz CT molecular complexity index is 585. The normalized spacial score (nSPS) is 10.3. The van der Waals surface area contributed by atoms with Gasteiger partial charge >= 0.3 is 5.69 Å². The zero-order valence-corrected chi connectivity index (χ0v) is 10.8. The Morgan fingerprint density at radius 3 is 2.78 bits per heavy atom. The van der Waals surface area contributed by atoms with E-state index in [-0.39, 0.29) is 11.4 Å². The maximum Gasteiger partial charge on any atom is 0.314 e. The highest BCUT2D eigenvalue weighted by molar-refractivity contribution is 7.16. The molecule has 0 amide bonds. The molecule has 0 bridgehead atoms. The third-order valence-electron chi connectivity index (χ3n) is 2.33. The van der Waals surface area contributed by atoms with Crippen LogP contribution in [0.4, 0.5) is 17.1 Å². The van der Waals surface area contributed by atoms with E-state index in [4.69, 9.17) is 17.3 Å². The van der Waals surface area contributed by atoms with Crippen LogP contribution in [0, 0.1) is 10.1 Å². The largest absolute Gasteiger partial charge is 0.393 e. The molecule has 0 aliphatic rings. The number of halogens is 1. The fourth-order valence-electron chi connectivity index (χ4n) is 1.54. The number of nitrogens with zero attached hydrogens (tertiary/aromatic N) is 1. The van der Waals surface area contributed by atoms with Gasteiger partial charge in [-0.3, -0.25) is 10.1 Å². The number of benzene rings is 1. The van der Waals surface area contributed by atoms with Crippen molar-refractivity contribution in [3.8, 4) is 0 Å². The predicted octanol–water partition coefficient (Wildman–Crippen LogP) is 3.50. The van der Waals surface area contributed by atoms with E-state index in [1.165, 1.54) is 17.4 Å². The smallest absolute Gasteiger partial charge is 0.314 e. The summed E-state index contributed by atoms with van der Waals surface area (Å²) in [5.41, 5.74) is 6.05. The van der Waals surface area contributed by atoms with Gasteiger partial charge in [-0.25, -0.2) is 0 Å². The van der Waals surface area contributed by atoms with Crippen LogP contribution in [-0.4, -0.2) is 4.92 Å². The first-order valence-corrected chi connectivity index (χ1v) is 6.28. The van der Waals surface area contributed by atoms with Crippen molar-refractivity contribution in [2.24, 2.45) is 0 Å². The monoisotopic (exact) mass is 283 g/mol. The fourth-order valence-corrected chi connectivity index (χ4v) is 2.56. The molecule has 0 unspecified atom stereocenters. The zero-order valence-electron chi connectivity index (χ0n) is 9.22. The molecule has 0 aliphatic carbocycles. The van der Waals surface area contributed by atoms with Crippen LogP contribution >= 0.6 is 22.9 Å². The average molecular weight is 284 g/mol. The van der Waals surface area contributed by atoms with Crippen LogP contribution in [0.15, 0.2) is 30.3 Å². The van der Waals surface area contributed by atoms with Gasteiger partial charge in [-0.05, 0) is 24.3 Å². The molecular weight excluding hydrogens is 274 g/mol. The molecule has 94 valence electrons. The molecule has 3 N–H and O–H groups in total. The number of nitrogens with two attached hydrogens (primary N) is 1. The number of anilines is 2. The summed E-state index contributed by atoms with van der Waals surface area (Å²) in [6.45, 7) is 0.474. The van der Waals surface area contributed by atoms with E-state index in [1.54, 1.807) is 18.2 Å². The highest BCUT2D eigenvalue weighted by atomic mass is 35.5. The average Bonchev–Trinajstić information content (AvgIpc) is 2.72. The molecule has 0 aliphatic heterocycles. The van der Waals surface area contributed by atoms with Gasteiger partial charge < -0.3 is 11.1 Å². The van der Waals surface area contributed by atoms with Gasteiger partial charge in [0, 0.05) is 11.4 Å². The summed E-state index contributed by atoms with van der Waals surface area (Å²) in [4.78, 5) is 11.4. The fraction of sp³-hybridized carbons (Fsp3) is 0.0909.